The van der Waals surface area contributed by atoms with E-state index in [1.807, 2.05) is 36.4 Å². The van der Waals surface area contributed by atoms with E-state index in [0.717, 1.165) is 23.3 Å². The van der Waals surface area contributed by atoms with Crippen molar-refractivity contribution in [1.29, 1.82) is 0 Å². The maximum absolute atomic E-state index is 9.37. The summed E-state index contributed by atoms with van der Waals surface area (Å²) in [6.45, 7) is 0.0367. The molecule has 0 saturated carbocycles. The van der Waals surface area contributed by atoms with E-state index in [1.54, 1.807) is 4.90 Å². The molecule has 3 nitrogen and oxygen atoms in total. The second-order valence-corrected chi connectivity index (χ2v) is 5.39. The SMILES string of the molecule is [CH2-]N([CH2-])C1CC(c2ccccc2)c2cc(CO)ccc2O1.[W+2]. The largest absolute Gasteiger partial charge is 2.00 e. The fourth-order valence-electron chi connectivity index (χ4n) is 2.82. The standard InChI is InChI=1S/C18H19NO2.W/c1-19(2)18-11-15(14-6-4-3-5-7-14)16-10-13(12-20)8-9-17(16)21-18;/h3-10,15,18,20H,1-2,11-12H2;/q-2;+2. The average Bonchev–Trinajstić information content (AvgIpc) is 2.54. The van der Waals surface area contributed by atoms with Crippen molar-refractivity contribution in [3.63, 3.8) is 0 Å². The third kappa shape index (κ3) is 3.43. The molecule has 1 aliphatic rings. The monoisotopic (exact) mass is 465 g/mol. The van der Waals surface area contributed by atoms with Crippen LogP contribution in [0.5, 0.6) is 5.75 Å². The minimum atomic E-state index is -0.150. The zero-order chi connectivity index (χ0) is 14.8. The van der Waals surface area contributed by atoms with Gasteiger partial charge in [-0.1, -0.05) is 36.4 Å². The predicted molar refractivity (Wildman–Crippen MR) is 82.2 cm³/mol. The van der Waals surface area contributed by atoms with Gasteiger partial charge in [0.05, 0.1) is 6.61 Å². The molecule has 2 aromatic carbocycles. The molecule has 0 saturated heterocycles. The number of aliphatic hydroxyl groups excluding tert-OH is 1. The van der Waals surface area contributed by atoms with E-state index >= 15 is 0 Å². The van der Waals surface area contributed by atoms with Crippen LogP contribution >= 0.6 is 0 Å². The molecule has 2 atom stereocenters. The van der Waals surface area contributed by atoms with Gasteiger partial charge in [0.1, 0.15) is 12.0 Å². The van der Waals surface area contributed by atoms with Crippen LogP contribution in [0.25, 0.3) is 0 Å². The maximum atomic E-state index is 9.37. The molecule has 4 heteroatoms. The molecule has 0 aliphatic carbocycles. The second-order valence-electron chi connectivity index (χ2n) is 5.39. The number of fused-ring (bicyclic) bond motifs is 1. The number of ether oxygens (including phenoxy) is 1. The molecule has 0 spiro atoms. The summed E-state index contributed by atoms with van der Waals surface area (Å²) in [6, 6.07) is 16.2. The van der Waals surface area contributed by atoms with Gasteiger partial charge in [0.15, 0.2) is 0 Å². The average molecular weight is 465 g/mol. The third-order valence-electron chi connectivity index (χ3n) is 3.94. The van der Waals surface area contributed by atoms with Crippen molar-refractivity contribution in [2.24, 2.45) is 0 Å². The molecule has 1 N–H and O–H groups in total. The molecule has 0 aromatic heterocycles. The molecule has 1 heterocycles. The molecular weight excluding hydrogens is 446 g/mol. The van der Waals surface area contributed by atoms with Gasteiger partial charge in [-0.05, 0) is 23.3 Å². The van der Waals surface area contributed by atoms with Crippen LogP contribution in [0.4, 0.5) is 0 Å². The van der Waals surface area contributed by atoms with Gasteiger partial charge in [0, 0.05) is 17.9 Å². The Morgan fingerprint density at radius 1 is 1.14 bits per heavy atom. The van der Waals surface area contributed by atoms with Crippen LogP contribution in [0.15, 0.2) is 48.5 Å². The minimum absolute atomic E-state index is 0. The molecule has 2 unspecified atom stereocenters. The molecule has 3 rings (SSSR count). The molecule has 1 aliphatic heterocycles. The van der Waals surface area contributed by atoms with E-state index in [1.165, 1.54) is 5.56 Å². The van der Waals surface area contributed by atoms with E-state index in [0.29, 0.717) is 0 Å². The van der Waals surface area contributed by atoms with Crippen molar-refractivity contribution in [2.75, 3.05) is 0 Å². The van der Waals surface area contributed by atoms with Crippen LogP contribution in [0.1, 0.15) is 29.0 Å². The molecule has 22 heavy (non-hydrogen) atoms. The first kappa shape index (κ1) is 17.2. The Kier molecular flexibility index (Phi) is 5.80. The van der Waals surface area contributed by atoms with Gasteiger partial charge in [0.2, 0.25) is 0 Å². The molecule has 0 fully saturated rings. The van der Waals surface area contributed by atoms with Crippen LogP contribution in [0.3, 0.4) is 0 Å². The van der Waals surface area contributed by atoms with Crippen molar-refractivity contribution in [2.45, 2.75) is 25.2 Å². The predicted octanol–water partition coefficient (Wildman–Crippen LogP) is 3.30. The van der Waals surface area contributed by atoms with Gasteiger partial charge in [0.25, 0.3) is 0 Å². The van der Waals surface area contributed by atoms with E-state index in [-0.39, 0.29) is 39.8 Å². The summed E-state index contributed by atoms with van der Waals surface area (Å²) < 4.78 is 5.96. The van der Waals surface area contributed by atoms with Crippen molar-refractivity contribution < 1.29 is 30.9 Å². The fraction of sp³-hybridized carbons (Fsp3) is 0.222. The number of aliphatic hydroxyl groups is 1. The number of rotatable bonds is 3. The maximum Gasteiger partial charge on any atom is 2.00 e. The zero-order valence-electron chi connectivity index (χ0n) is 12.3. The summed E-state index contributed by atoms with van der Waals surface area (Å²) in [4.78, 5) is 1.61. The van der Waals surface area contributed by atoms with Gasteiger partial charge in [-0.25, -0.2) is 0 Å². The Balaban J connectivity index is 0.00000176. The summed E-state index contributed by atoms with van der Waals surface area (Å²) >= 11 is 0. The minimum Gasteiger partial charge on any atom is -0.576 e. The number of hydrogen-bond donors (Lipinski definition) is 1. The first-order valence-electron chi connectivity index (χ1n) is 7.04. The Hall–Kier alpha value is -1.15. The zero-order valence-corrected chi connectivity index (χ0v) is 15.2. The van der Waals surface area contributed by atoms with Crippen LogP contribution in [0, 0.1) is 14.1 Å². The Morgan fingerprint density at radius 3 is 2.50 bits per heavy atom. The van der Waals surface area contributed by atoms with E-state index < -0.39 is 0 Å². The van der Waals surface area contributed by atoms with E-state index in [4.69, 9.17) is 4.74 Å². The van der Waals surface area contributed by atoms with Gasteiger partial charge < -0.3 is 28.8 Å². The fourth-order valence-corrected chi connectivity index (χ4v) is 2.82. The molecule has 0 bridgehead atoms. The summed E-state index contributed by atoms with van der Waals surface area (Å²) in [5.41, 5.74) is 3.26. The van der Waals surface area contributed by atoms with Crippen LogP contribution in [-0.4, -0.2) is 16.2 Å². The quantitative estimate of drug-likeness (QED) is 0.707. The van der Waals surface area contributed by atoms with Crippen LogP contribution in [0.2, 0.25) is 0 Å². The van der Waals surface area contributed by atoms with Crippen molar-refractivity contribution in [3.8, 4) is 5.75 Å². The Morgan fingerprint density at radius 2 is 1.86 bits per heavy atom. The molecule has 2 aromatic rings. The normalized spacial score (nSPS) is 20.0. The van der Waals surface area contributed by atoms with Crippen LogP contribution < -0.4 is 4.74 Å². The third-order valence-corrected chi connectivity index (χ3v) is 3.94. The second kappa shape index (κ2) is 7.41. The van der Waals surface area contributed by atoms with Gasteiger partial charge in [-0.2, -0.15) is 0 Å². The van der Waals surface area contributed by atoms with Crippen LogP contribution in [-0.2, 0) is 27.7 Å². The molecule has 114 valence electrons. The van der Waals surface area contributed by atoms with Crippen molar-refractivity contribution in [1.82, 2.24) is 4.90 Å². The van der Waals surface area contributed by atoms with Crippen molar-refractivity contribution >= 4 is 0 Å². The van der Waals surface area contributed by atoms with Gasteiger partial charge in [-0.15, -0.1) is 0 Å². The summed E-state index contributed by atoms with van der Waals surface area (Å²) in [5.74, 6) is 1.06. The first-order chi connectivity index (χ1) is 10.2. The molecular formula is C18H19NO2W. The molecule has 0 radical (unpaired) electrons. The van der Waals surface area contributed by atoms with E-state index in [2.05, 4.69) is 26.2 Å². The number of hydrogen-bond acceptors (Lipinski definition) is 3. The number of nitrogens with zero attached hydrogens (tertiary/aromatic N) is 1. The Bertz CT molecular complexity index is 616. The summed E-state index contributed by atoms with van der Waals surface area (Å²) in [7, 11) is 7.71. The van der Waals surface area contributed by atoms with Gasteiger partial charge >= 0.3 is 21.1 Å². The smallest absolute Gasteiger partial charge is 0.576 e. The first-order valence-corrected chi connectivity index (χ1v) is 7.04. The Labute approximate surface area is 146 Å². The number of benzene rings is 2. The van der Waals surface area contributed by atoms with E-state index in [9.17, 15) is 5.11 Å². The topological polar surface area (TPSA) is 32.7 Å². The van der Waals surface area contributed by atoms with Crippen molar-refractivity contribution in [3.05, 3.63) is 79.3 Å². The molecule has 0 amide bonds. The summed E-state index contributed by atoms with van der Waals surface area (Å²) in [5, 5.41) is 9.37. The summed E-state index contributed by atoms with van der Waals surface area (Å²) in [6.07, 6.45) is 0.640. The van der Waals surface area contributed by atoms with Gasteiger partial charge in [-0.3, -0.25) is 0 Å².